The van der Waals surface area contributed by atoms with E-state index in [0.29, 0.717) is 46.5 Å². The summed E-state index contributed by atoms with van der Waals surface area (Å²) in [4.78, 5) is 46.0. The maximum absolute atomic E-state index is 16.6. The van der Waals surface area contributed by atoms with Gasteiger partial charge in [0.25, 0.3) is 11.5 Å². The van der Waals surface area contributed by atoms with Crippen molar-refractivity contribution in [1.29, 1.82) is 0 Å². The molecule has 2 amide bonds. The molecule has 9 nitrogen and oxygen atoms in total. The molecule has 50 heavy (non-hydrogen) atoms. The van der Waals surface area contributed by atoms with Gasteiger partial charge in [-0.05, 0) is 73.1 Å². The van der Waals surface area contributed by atoms with E-state index in [2.05, 4.69) is 5.10 Å². The van der Waals surface area contributed by atoms with Gasteiger partial charge >= 0.3 is 0 Å². The summed E-state index contributed by atoms with van der Waals surface area (Å²) in [7, 11) is -3.58. The summed E-state index contributed by atoms with van der Waals surface area (Å²) in [6, 6.07) is 29.3. The molecule has 0 unspecified atom stereocenters. The predicted molar refractivity (Wildman–Crippen MR) is 192 cm³/mol. The van der Waals surface area contributed by atoms with E-state index in [-0.39, 0.29) is 30.4 Å². The fourth-order valence-corrected chi connectivity index (χ4v) is 11.2. The van der Waals surface area contributed by atoms with Crippen LogP contribution in [-0.2, 0) is 32.9 Å². The van der Waals surface area contributed by atoms with Gasteiger partial charge in [-0.15, -0.1) is 0 Å². The van der Waals surface area contributed by atoms with Crippen molar-refractivity contribution < 1.29 is 23.5 Å². The average molecular weight is 691 g/mol. The second-order valence-electron chi connectivity index (χ2n) is 14.3. The molecule has 5 aromatic rings. The van der Waals surface area contributed by atoms with Gasteiger partial charge in [0.15, 0.2) is 5.60 Å². The van der Waals surface area contributed by atoms with Gasteiger partial charge in [-0.25, -0.2) is 4.68 Å². The number of ether oxygens (including phenoxy) is 1. The Kier molecular flexibility index (Phi) is 7.70. The number of carbonyl (C=O) groups excluding carboxylic acids is 2. The van der Waals surface area contributed by atoms with Crippen LogP contribution in [0.2, 0.25) is 18.6 Å². The Bertz CT molecular complexity index is 2200. The largest absolute Gasteiger partial charge is 0.394 e. The first kappa shape index (κ1) is 32.4. The van der Waals surface area contributed by atoms with Crippen LogP contribution >= 0.6 is 0 Å². The Labute approximate surface area is 290 Å². The lowest BCUT2D eigenvalue weighted by Crippen LogP contribution is -2.48. The van der Waals surface area contributed by atoms with E-state index >= 15 is 4.11 Å². The van der Waals surface area contributed by atoms with Crippen molar-refractivity contribution >= 4 is 42.5 Å². The van der Waals surface area contributed by atoms with Gasteiger partial charge in [-0.1, -0.05) is 61.5 Å². The molecular weight excluding hydrogens is 652 g/mol. The number of nitrogens with one attached hydrogen (secondary N) is 1. The zero-order valence-electron chi connectivity index (χ0n) is 28.2. The quantitative estimate of drug-likeness (QED) is 0.165. The highest BCUT2D eigenvalue weighted by Crippen LogP contribution is 2.61. The fraction of sp³-hybridized carbons (Fsp3) is 0.308. The third kappa shape index (κ3) is 4.90. The van der Waals surface area contributed by atoms with Gasteiger partial charge in [0.1, 0.15) is 0 Å². The number of rotatable bonds is 6. The lowest BCUT2D eigenvalue weighted by molar-refractivity contribution is -0.150. The number of para-hydroxylation sites is 2. The maximum atomic E-state index is 16.6. The Morgan fingerprint density at radius 1 is 0.960 bits per heavy atom. The van der Waals surface area contributed by atoms with Crippen molar-refractivity contribution in [2.75, 3.05) is 11.5 Å². The van der Waals surface area contributed by atoms with Gasteiger partial charge < -0.3 is 18.9 Å². The molecule has 3 aliphatic rings. The highest BCUT2D eigenvalue weighted by atomic mass is 28.4. The third-order valence-electron chi connectivity index (χ3n) is 11.0. The number of nitrogens with zero attached hydrogens (tertiary/aromatic N) is 3. The molecule has 1 aromatic heterocycles. The predicted octanol–water partition coefficient (Wildman–Crippen LogP) is 6.11. The van der Waals surface area contributed by atoms with Crippen LogP contribution in [0.15, 0.2) is 102 Å². The number of aromatic nitrogens is 2. The molecule has 8 rings (SSSR count). The molecule has 11 heteroatoms. The maximum Gasteiger partial charge on any atom is 0.279 e. The lowest BCUT2D eigenvalue weighted by Gasteiger charge is -2.37. The number of H-pyrrole nitrogens is 1. The summed E-state index contributed by atoms with van der Waals surface area (Å²) in [5.74, 6) is -1.25. The number of fused-ring (bicyclic) bond motifs is 4. The van der Waals surface area contributed by atoms with Crippen molar-refractivity contribution in [2.45, 2.75) is 62.7 Å². The zero-order chi connectivity index (χ0) is 34.9. The number of benzene rings is 4. The van der Waals surface area contributed by atoms with Crippen LogP contribution in [-0.4, -0.2) is 58.8 Å². The number of aromatic amines is 1. The molecule has 5 atom stereocenters. The SMILES string of the molecule is C[C@H]1[C@H]([Si](C)(C)F)[C@@H](CC(=O)N2Cc3ccccc3C[C@H]2CO)O[C@]12C(=O)N(c1ccccc1)c1ccc(-n3[nH]c4ccccc4c3=O)cc12. The highest BCUT2D eigenvalue weighted by Gasteiger charge is 2.67. The van der Waals surface area contributed by atoms with Crippen molar-refractivity contribution in [3.63, 3.8) is 0 Å². The fourth-order valence-electron chi connectivity index (χ4n) is 8.71. The Morgan fingerprint density at radius 3 is 2.38 bits per heavy atom. The van der Waals surface area contributed by atoms with E-state index in [1.807, 2.05) is 73.7 Å². The minimum atomic E-state index is -3.58. The molecule has 0 bridgehead atoms. The number of carbonyl (C=O) groups is 2. The molecule has 1 spiro atoms. The van der Waals surface area contributed by atoms with Gasteiger partial charge in [0, 0.05) is 29.3 Å². The van der Waals surface area contributed by atoms with E-state index in [9.17, 15) is 19.5 Å². The molecule has 1 fully saturated rings. The Hall–Kier alpha value is -4.84. The van der Waals surface area contributed by atoms with Crippen molar-refractivity contribution in [1.82, 2.24) is 14.7 Å². The normalized spacial score (nSPS) is 24.6. The number of amides is 2. The van der Waals surface area contributed by atoms with Crippen LogP contribution < -0.4 is 10.5 Å². The minimum absolute atomic E-state index is 0.134. The molecular formula is C39H39FN4O5Si. The molecule has 3 aliphatic heterocycles. The summed E-state index contributed by atoms with van der Waals surface area (Å²) < 4.78 is 25.0. The zero-order valence-corrected chi connectivity index (χ0v) is 29.2. The van der Waals surface area contributed by atoms with Crippen LogP contribution in [0.5, 0.6) is 0 Å². The van der Waals surface area contributed by atoms with Gasteiger partial charge in [-0.2, -0.15) is 0 Å². The first-order valence-electron chi connectivity index (χ1n) is 17.1. The Balaban J connectivity index is 1.23. The molecule has 0 saturated carbocycles. The lowest BCUT2D eigenvalue weighted by atomic mass is 9.82. The van der Waals surface area contributed by atoms with Gasteiger partial charge in [0.05, 0.1) is 47.5 Å². The second kappa shape index (κ2) is 11.9. The first-order chi connectivity index (χ1) is 24.0. The molecule has 4 aromatic carbocycles. The van der Waals surface area contributed by atoms with Crippen molar-refractivity contribution in [3.05, 3.63) is 124 Å². The number of hydrogen-bond acceptors (Lipinski definition) is 5. The second-order valence-corrected chi connectivity index (χ2v) is 18.1. The number of halogens is 1. The average Bonchev–Trinajstić information content (AvgIpc) is 3.70. The number of aliphatic hydroxyl groups excluding tert-OH is 1. The van der Waals surface area contributed by atoms with E-state index in [1.165, 1.54) is 4.68 Å². The molecule has 256 valence electrons. The molecule has 0 radical (unpaired) electrons. The summed E-state index contributed by atoms with van der Waals surface area (Å²) in [5.41, 5.74) is 2.47. The number of anilines is 2. The van der Waals surface area contributed by atoms with Crippen LogP contribution in [0.4, 0.5) is 15.5 Å². The molecule has 0 aliphatic carbocycles. The summed E-state index contributed by atoms with van der Waals surface area (Å²) in [6.07, 6.45) is -0.511. The van der Waals surface area contributed by atoms with E-state index in [4.69, 9.17) is 4.74 Å². The standard InChI is InChI=1S/C39H39FN4O5Si/c1-24-36(50(2,3)40)34(21-35(46)42-22-26-12-8-7-11-25(26)19-29(42)23-45)49-39(24)31-20-28(44-37(47)30-15-9-10-16-32(30)41-44)17-18-33(31)43(38(39)48)27-13-5-4-6-14-27/h4-18,20,24,29,34,36,41,45H,19,21-23H2,1-3H3/t24-,29-,34+,36-,39+/m0/s1. The minimum Gasteiger partial charge on any atom is -0.394 e. The van der Waals surface area contributed by atoms with E-state index in [0.717, 1.165) is 11.1 Å². The Morgan fingerprint density at radius 2 is 1.66 bits per heavy atom. The first-order valence-corrected chi connectivity index (χ1v) is 20.1. The van der Waals surface area contributed by atoms with Gasteiger partial charge in [0.2, 0.25) is 14.3 Å². The van der Waals surface area contributed by atoms with Crippen LogP contribution in [0, 0.1) is 5.92 Å². The molecule has 1 saturated heterocycles. The highest BCUT2D eigenvalue weighted by molar-refractivity contribution is 6.72. The van der Waals surface area contributed by atoms with E-state index < -0.39 is 37.6 Å². The third-order valence-corrected chi connectivity index (χ3v) is 13.4. The van der Waals surface area contributed by atoms with Crippen LogP contribution in [0.25, 0.3) is 16.6 Å². The van der Waals surface area contributed by atoms with Crippen molar-refractivity contribution in [3.8, 4) is 5.69 Å². The topological polar surface area (TPSA) is 108 Å². The summed E-state index contributed by atoms with van der Waals surface area (Å²) >= 11 is 0. The number of aliphatic hydroxyl groups is 1. The monoisotopic (exact) mass is 690 g/mol. The van der Waals surface area contributed by atoms with Crippen molar-refractivity contribution in [2.24, 2.45) is 5.92 Å². The molecule has 2 N–H and O–H groups in total. The van der Waals surface area contributed by atoms with E-state index in [1.54, 1.807) is 53.2 Å². The van der Waals surface area contributed by atoms with Crippen LogP contribution in [0.1, 0.15) is 30.0 Å². The van der Waals surface area contributed by atoms with Crippen LogP contribution in [0.3, 0.4) is 0 Å². The number of hydrogen-bond donors (Lipinski definition) is 2. The van der Waals surface area contributed by atoms with Gasteiger partial charge in [-0.3, -0.25) is 24.4 Å². The molecule has 4 heterocycles. The summed E-state index contributed by atoms with van der Waals surface area (Å²) in [6.45, 7) is 5.21. The smallest absolute Gasteiger partial charge is 0.279 e. The summed E-state index contributed by atoms with van der Waals surface area (Å²) in [5, 5.41) is 14.0.